The van der Waals surface area contributed by atoms with Gasteiger partial charge >= 0.3 is 6.18 Å². The predicted molar refractivity (Wildman–Crippen MR) is 107 cm³/mol. The van der Waals surface area contributed by atoms with Crippen molar-refractivity contribution in [2.45, 2.75) is 6.18 Å². The number of hydrogen-bond donors (Lipinski definition) is 0. The van der Waals surface area contributed by atoms with Crippen LogP contribution in [0.1, 0.15) is 5.56 Å². The Bertz CT molecular complexity index is 1180. The van der Waals surface area contributed by atoms with E-state index in [9.17, 15) is 13.2 Å². The zero-order valence-electron chi connectivity index (χ0n) is 15.3. The van der Waals surface area contributed by atoms with Gasteiger partial charge in [0.25, 0.3) is 0 Å². The molecule has 4 rings (SSSR count). The molecule has 0 unspecified atom stereocenters. The lowest BCUT2D eigenvalue weighted by atomic mass is 9.94. The van der Waals surface area contributed by atoms with Gasteiger partial charge in [0.1, 0.15) is 0 Å². The minimum Gasteiger partial charge on any atom is -0.248 e. The Hall–Kier alpha value is -3.12. The number of halogens is 4. The van der Waals surface area contributed by atoms with E-state index in [4.69, 9.17) is 11.6 Å². The lowest BCUT2D eigenvalue weighted by molar-refractivity contribution is -0.137. The molecule has 1 heterocycles. The number of aromatic nitrogens is 3. The van der Waals surface area contributed by atoms with E-state index in [0.29, 0.717) is 33.4 Å². The quantitative estimate of drug-likeness (QED) is 0.384. The molecule has 0 saturated heterocycles. The fraction of sp³-hybridized carbons (Fsp3) is 0.0909. The van der Waals surface area contributed by atoms with Crippen LogP contribution in [0.25, 0.3) is 33.9 Å². The summed E-state index contributed by atoms with van der Waals surface area (Å²) < 4.78 is 42.3. The third-order valence-corrected chi connectivity index (χ3v) is 4.90. The Balaban J connectivity index is 1.90. The van der Waals surface area contributed by atoms with Crippen molar-refractivity contribution in [1.29, 1.82) is 0 Å². The summed E-state index contributed by atoms with van der Waals surface area (Å²) in [6, 6.07) is 19.5. The first-order chi connectivity index (χ1) is 13.9. The van der Waals surface area contributed by atoms with E-state index in [-0.39, 0.29) is 5.56 Å². The highest BCUT2D eigenvalue weighted by atomic mass is 35.5. The molecule has 1 aromatic heterocycles. The van der Waals surface area contributed by atoms with Crippen molar-refractivity contribution >= 4 is 11.6 Å². The molecule has 0 radical (unpaired) electrons. The van der Waals surface area contributed by atoms with Gasteiger partial charge in [-0.1, -0.05) is 66.2 Å². The smallest absolute Gasteiger partial charge is 0.248 e. The van der Waals surface area contributed by atoms with Crippen molar-refractivity contribution in [3.05, 3.63) is 83.4 Å². The van der Waals surface area contributed by atoms with Gasteiger partial charge in [-0.2, -0.15) is 18.3 Å². The first-order valence-corrected chi connectivity index (χ1v) is 9.16. The molecule has 7 heteroatoms. The predicted octanol–water partition coefficient (Wildman–Crippen LogP) is 6.49. The molecule has 0 aliphatic carbocycles. The maximum atomic E-state index is 13.6. The normalized spacial score (nSPS) is 11.6. The molecule has 0 spiro atoms. The van der Waals surface area contributed by atoms with Gasteiger partial charge < -0.3 is 0 Å². The summed E-state index contributed by atoms with van der Waals surface area (Å²) in [7, 11) is 1.70. The third-order valence-electron chi connectivity index (χ3n) is 4.57. The molecule has 3 nitrogen and oxygen atoms in total. The zero-order chi connectivity index (χ0) is 20.6. The van der Waals surface area contributed by atoms with Gasteiger partial charge in [0.2, 0.25) is 0 Å². The van der Waals surface area contributed by atoms with Crippen LogP contribution in [-0.4, -0.2) is 14.8 Å². The Labute approximate surface area is 170 Å². The fourth-order valence-electron chi connectivity index (χ4n) is 3.25. The average Bonchev–Trinajstić information content (AvgIpc) is 3.09. The molecule has 29 heavy (non-hydrogen) atoms. The van der Waals surface area contributed by atoms with E-state index in [2.05, 4.69) is 10.1 Å². The number of aryl methyl sites for hydroxylation is 1. The van der Waals surface area contributed by atoms with Crippen molar-refractivity contribution in [2.75, 3.05) is 0 Å². The molecule has 0 aliphatic rings. The van der Waals surface area contributed by atoms with Crippen molar-refractivity contribution in [3.63, 3.8) is 0 Å². The first kappa shape index (κ1) is 19.2. The highest BCUT2D eigenvalue weighted by Gasteiger charge is 2.34. The SMILES string of the molecule is Cn1nc(-c2ccccc2Cl)nc1-c1ccccc1-c1ccccc1C(F)(F)F. The molecule has 4 aromatic rings. The monoisotopic (exact) mass is 413 g/mol. The molecular formula is C22H15ClF3N3. The minimum atomic E-state index is -4.47. The molecular weight excluding hydrogens is 399 g/mol. The van der Waals surface area contributed by atoms with Gasteiger partial charge in [-0.15, -0.1) is 0 Å². The van der Waals surface area contributed by atoms with Gasteiger partial charge in [0.05, 0.1) is 10.6 Å². The summed E-state index contributed by atoms with van der Waals surface area (Å²) in [6.45, 7) is 0. The molecule has 0 N–H and O–H groups in total. The Morgan fingerprint density at radius 1 is 0.759 bits per heavy atom. The lowest BCUT2D eigenvalue weighted by Gasteiger charge is -2.15. The van der Waals surface area contributed by atoms with Crippen LogP contribution in [0, 0.1) is 0 Å². The number of nitrogens with zero attached hydrogens (tertiary/aromatic N) is 3. The first-order valence-electron chi connectivity index (χ1n) is 8.78. The standard InChI is InChI=1S/C22H15ClF3N3/c1-29-21(27-20(28-29)17-11-5-7-13-19(17)23)16-10-3-2-8-14(16)15-9-4-6-12-18(15)22(24,25)26/h2-13H,1H3. The van der Waals surface area contributed by atoms with Gasteiger partial charge in [0.15, 0.2) is 11.6 Å². The molecule has 0 fully saturated rings. The maximum absolute atomic E-state index is 13.6. The number of rotatable bonds is 3. The summed E-state index contributed by atoms with van der Waals surface area (Å²) in [5, 5.41) is 4.92. The Morgan fingerprint density at radius 3 is 1.97 bits per heavy atom. The van der Waals surface area contributed by atoms with Crippen LogP contribution in [-0.2, 0) is 13.2 Å². The van der Waals surface area contributed by atoms with Crippen molar-refractivity contribution in [1.82, 2.24) is 14.8 Å². The maximum Gasteiger partial charge on any atom is 0.417 e. The Kier molecular flexibility index (Phi) is 4.88. The van der Waals surface area contributed by atoms with E-state index >= 15 is 0 Å². The molecule has 0 aliphatic heterocycles. The summed E-state index contributed by atoms with van der Waals surface area (Å²) in [6.07, 6.45) is -4.47. The van der Waals surface area contributed by atoms with Crippen LogP contribution in [0.15, 0.2) is 72.8 Å². The molecule has 0 atom stereocenters. The van der Waals surface area contributed by atoms with Gasteiger partial charge in [0, 0.05) is 18.2 Å². The van der Waals surface area contributed by atoms with Crippen LogP contribution < -0.4 is 0 Å². The van der Waals surface area contributed by atoms with Gasteiger partial charge in [-0.05, 0) is 29.3 Å². The number of hydrogen-bond acceptors (Lipinski definition) is 2. The Morgan fingerprint density at radius 2 is 1.31 bits per heavy atom. The van der Waals surface area contributed by atoms with Crippen LogP contribution in [0.2, 0.25) is 5.02 Å². The summed E-state index contributed by atoms with van der Waals surface area (Å²) >= 11 is 6.25. The molecule has 146 valence electrons. The van der Waals surface area contributed by atoms with Crippen molar-refractivity contribution in [3.8, 4) is 33.9 Å². The largest absolute Gasteiger partial charge is 0.417 e. The van der Waals surface area contributed by atoms with E-state index in [0.717, 1.165) is 6.07 Å². The summed E-state index contributed by atoms with van der Waals surface area (Å²) in [5.74, 6) is 0.861. The average molecular weight is 414 g/mol. The van der Waals surface area contributed by atoms with Gasteiger partial charge in [-0.25, -0.2) is 9.67 Å². The van der Waals surface area contributed by atoms with Crippen LogP contribution >= 0.6 is 11.6 Å². The molecule has 0 saturated carbocycles. The molecule has 0 bridgehead atoms. The second kappa shape index (κ2) is 7.37. The topological polar surface area (TPSA) is 30.7 Å². The van der Waals surface area contributed by atoms with Crippen LogP contribution in [0.5, 0.6) is 0 Å². The molecule has 3 aromatic carbocycles. The van der Waals surface area contributed by atoms with Crippen molar-refractivity contribution in [2.24, 2.45) is 7.05 Å². The summed E-state index contributed by atoms with van der Waals surface area (Å²) in [4.78, 5) is 4.58. The number of benzene rings is 3. The summed E-state index contributed by atoms with van der Waals surface area (Å²) in [5.41, 5.74) is 1.04. The van der Waals surface area contributed by atoms with E-state index in [1.165, 1.54) is 12.1 Å². The van der Waals surface area contributed by atoms with E-state index < -0.39 is 11.7 Å². The van der Waals surface area contributed by atoms with Crippen LogP contribution in [0.4, 0.5) is 13.2 Å². The van der Waals surface area contributed by atoms with Crippen molar-refractivity contribution < 1.29 is 13.2 Å². The van der Waals surface area contributed by atoms with E-state index in [1.807, 2.05) is 6.07 Å². The van der Waals surface area contributed by atoms with Gasteiger partial charge in [-0.3, -0.25) is 0 Å². The number of alkyl halides is 3. The fourth-order valence-corrected chi connectivity index (χ4v) is 3.47. The highest BCUT2D eigenvalue weighted by molar-refractivity contribution is 6.33. The van der Waals surface area contributed by atoms with Crippen LogP contribution in [0.3, 0.4) is 0 Å². The minimum absolute atomic E-state index is 0.0953. The third kappa shape index (κ3) is 3.63. The highest BCUT2D eigenvalue weighted by Crippen LogP contribution is 2.40. The second-order valence-corrected chi connectivity index (χ2v) is 6.86. The molecule has 0 amide bonds. The second-order valence-electron chi connectivity index (χ2n) is 6.45. The lowest BCUT2D eigenvalue weighted by Crippen LogP contribution is -2.07. The zero-order valence-corrected chi connectivity index (χ0v) is 16.0. The van der Waals surface area contributed by atoms with E-state index in [1.54, 1.807) is 60.3 Å².